The fraction of sp³-hybridized carbons (Fsp3) is 0. The molecule has 1 N–H and O–H groups in total. The topological polar surface area (TPSA) is 50.9 Å². The molecule has 0 spiro atoms. The van der Waals surface area contributed by atoms with Crippen LogP contribution in [0.25, 0.3) is 27.5 Å². The van der Waals surface area contributed by atoms with Crippen molar-refractivity contribution >= 4 is 21.7 Å². The zero-order chi connectivity index (χ0) is 13.5. The van der Waals surface area contributed by atoms with Crippen LogP contribution < -0.4 is 0 Å². The third-order valence-corrected chi connectivity index (χ3v) is 3.43. The van der Waals surface area contributed by atoms with Gasteiger partial charge in [0.25, 0.3) is 0 Å². The Morgan fingerprint density at radius 2 is 1.85 bits per heavy atom. The van der Waals surface area contributed by atoms with Gasteiger partial charge in [0.15, 0.2) is 0 Å². The molecule has 0 unspecified atom stereocenters. The van der Waals surface area contributed by atoms with E-state index in [1.807, 2.05) is 47.4 Å². The second kappa shape index (κ2) is 4.06. The highest BCUT2D eigenvalue weighted by Gasteiger charge is 2.05. The number of phenols is 1. The van der Waals surface area contributed by atoms with E-state index in [-0.39, 0.29) is 5.75 Å². The molecule has 4 heteroatoms. The molecule has 0 saturated heterocycles. The Morgan fingerprint density at radius 1 is 0.900 bits per heavy atom. The van der Waals surface area contributed by atoms with Crippen LogP contribution in [0.5, 0.6) is 5.75 Å². The van der Waals surface area contributed by atoms with Crippen molar-refractivity contribution < 1.29 is 5.11 Å². The molecule has 3 aromatic heterocycles. The fourth-order valence-electron chi connectivity index (χ4n) is 2.42. The van der Waals surface area contributed by atoms with Crippen molar-refractivity contribution in [2.75, 3.05) is 0 Å². The van der Waals surface area contributed by atoms with Crippen molar-refractivity contribution in [3.05, 3.63) is 61.2 Å². The number of hydrogen-bond acceptors (Lipinski definition) is 3. The molecule has 0 atom stereocenters. The first-order chi connectivity index (χ1) is 9.81. The van der Waals surface area contributed by atoms with Crippen molar-refractivity contribution in [2.24, 2.45) is 0 Å². The highest BCUT2D eigenvalue weighted by Crippen LogP contribution is 2.23. The minimum Gasteiger partial charge on any atom is -0.508 e. The molecular weight excluding hydrogens is 250 g/mol. The molecule has 3 heterocycles. The van der Waals surface area contributed by atoms with Crippen LogP contribution >= 0.6 is 0 Å². The van der Waals surface area contributed by atoms with Gasteiger partial charge in [-0.05, 0) is 41.8 Å². The Bertz CT molecular complexity index is 927. The molecule has 96 valence electrons. The minimum absolute atomic E-state index is 0.258. The summed E-state index contributed by atoms with van der Waals surface area (Å²) >= 11 is 0. The van der Waals surface area contributed by atoms with E-state index in [1.54, 1.807) is 18.3 Å². The van der Waals surface area contributed by atoms with Crippen LogP contribution in [-0.2, 0) is 0 Å². The van der Waals surface area contributed by atoms with Crippen LogP contribution in [0.2, 0.25) is 0 Å². The van der Waals surface area contributed by atoms with E-state index in [1.165, 1.54) is 0 Å². The summed E-state index contributed by atoms with van der Waals surface area (Å²) in [5.74, 6) is 1.07. The van der Waals surface area contributed by atoms with Crippen LogP contribution in [0, 0.1) is 0 Å². The van der Waals surface area contributed by atoms with Crippen molar-refractivity contribution in [1.29, 1.82) is 0 Å². The number of phenolic OH excluding ortho intramolecular Hbond substituents is 1. The van der Waals surface area contributed by atoms with E-state index in [0.717, 1.165) is 27.5 Å². The molecule has 0 aliphatic rings. The molecule has 0 radical (unpaired) electrons. The average molecular weight is 261 g/mol. The van der Waals surface area contributed by atoms with Gasteiger partial charge in [0.1, 0.15) is 11.6 Å². The van der Waals surface area contributed by atoms with E-state index in [4.69, 9.17) is 0 Å². The van der Waals surface area contributed by atoms with Crippen molar-refractivity contribution in [1.82, 2.24) is 14.5 Å². The standard InChI is InChI=1S/C16H11N3O/c20-14-2-1-12-9-18-16(8-13(12)7-14)19-6-4-11-3-5-17-10-15(11)19/h1-10,20H. The number of rotatable bonds is 1. The van der Waals surface area contributed by atoms with Gasteiger partial charge >= 0.3 is 0 Å². The Hall–Kier alpha value is -2.88. The summed E-state index contributed by atoms with van der Waals surface area (Å²) < 4.78 is 1.99. The monoisotopic (exact) mass is 261 g/mol. The van der Waals surface area contributed by atoms with Gasteiger partial charge in [0.05, 0.1) is 11.7 Å². The SMILES string of the molecule is Oc1ccc2cnc(-n3ccc4ccncc43)cc2c1. The number of pyridine rings is 2. The van der Waals surface area contributed by atoms with Gasteiger partial charge in [-0.25, -0.2) is 4.98 Å². The van der Waals surface area contributed by atoms with Gasteiger partial charge in [-0.15, -0.1) is 0 Å². The first kappa shape index (κ1) is 11.0. The third kappa shape index (κ3) is 1.62. The van der Waals surface area contributed by atoms with Crippen LogP contribution in [0.3, 0.4) is 0 Å². The summed E-state index contributed by atoms with van der Waals surface area (Å²) in [5.41, 5.74) is 1.01. The molecule has 4 nitrogen and oxygen atoms in total. The Labute approximate surface area is 115 Å². The minimum atomic E-state index is 0.258. The maximum atomic E-state index is 9.59. The molecule has 0 aliphatic carbocycles. The Balaban J connectivity index is 1.97. The summed E-state index contributed by atoms with van der Waals surface area (Å²) in [5, 5.41) is 12.7. The largest absolute Gasteiger partial charge is 0.508 e. The molecule has 4 aromatic rings. The third-order valence-electron chi connectivity index (χ3n) is 3.43. The molecule has 20 heavy (non-hydrogen) atoms. The Morgan fingerprint density at radius 3 is 2.80 bits per heavy atom. The second-order valence-corrected chi connectivity index (χ2v) is 4.69. The van der Waals surface area contributed by atoms with Gasteiger partial charge in [-0.2, -0.15) is 0 Å². The summed E-state index contributed by atoms with van der Waals surface area (Å²) in [6.45, 7) is 0. The zero-order valence-electron chi connectivity index (χ0n) is 10.6. The second-order valence-electron chi connectivity index (χ2n) is 4.69. The van der Waals surface area contributed by atoms with E-state index in [2.05, 4.69) is 9.97 Å². The smallest absolute Gasteiger partial charge is 0.137 e. The van der Waals surface area contributed by atoms with Crippen LogP contribution in [0.4, 0.5) is 0 Å². The van der Waals surface area contributed by atoms with E-state index < -0.39 is 0 Å². The average Bonchev–Trinajstić information content (AvgIpc) is 2.90. The lowest BCUT2D eigenvalue weighted by atomic mass is 10.1. The molecule has 0 aliphatic heterocycles. The van der Waals surface area contributed by atoms with Gasteiger partial charge in [-0.1, -0.05) is 0 Å². The highest BCUT2D eigenvalue weighted by atomic mass is 16.3. The molecule has 0 saturated carbocycles. The van der Waals surface area contributed by atoms with E-state index in [9.17, 15) is 5.11 Å². The first-order valence-electron chi connectivity index (χ1n) is 6.31. The Kier molecular flexibility index (Phi) is 2.23. The van der Waals surface area contributed by atoms with Crippen LogP contribution in [0.1, 0.15) is 0 Å². The molecule has 0 amide bonds. The summed E-state index contributed by atoms with van der Waals surface area (Å²) in [6.07, 6.45) is 7.39. The normalized spacial score (nSPS) is 11.2. The maximum absolute atomic E-state index is 9.59. The predicted molar refractivity (Wildman–Crippen MR) is 78.0 cm³/mol. The van der Waals surface area contributed by atoms with Crippen LogP contribution in [0.15, 0.2) is 61.2 Å². The van der Waals surface area contributed by atoms with E-state index in [0.29, 0.717) is 0 Å². The predicted octanol–water partition coefficient (Wildman–Crippen LogP) is 3.28. The number of fused-ring (bicyclic) bond motifs is 2. The van der Waals surface area contributed by atoms with Gasteiger partial charge in [0, 0.05) is 29.4 Å². The number of aromatic nitrogens is 3. The van der Waals surface area contributed by atoms with E-state index >= 15 is 0 Å². The summed E-state index contributed by atoms with van der Waals surface area (Å²) in [7, 11) is 0. The fourth-order valence-corrected chi connectivity index (χ4v) is 2.42. The molecular formula is C16H11N3O. The van der Waals surface area contributed by atoms with Gasteiger partial charge in [-0.3, -0.25) is 9.55 Å². The number of nitrogens with zero attached hydrogens (tertiary/aromatic N) is 3. The molecule has 0 bridgehead atoms. The number of benzene rings is 1. The zero-order valence-corrected chi connectivity index (χ0v) is 10.6. The van der Waals surface area contributed by atoms with Crippen molar-refractivity contribution in [3.8, 4) is 11.6 Å². The number of aromatic hydroxyl groups is 1. The number of hydrogen-bond donors (Lipinski definition) is 1. The lowest BCUT2D eigenvalue weighted by molar-refractivity contribution is 0.476. The summed E-state index contributed by atoms with van der Waals surface area (Å²) in [6, 6.07) is 11.2. The highest BCUT2D eigenvalue weighted by molar-refractivity contribution is 5.86. The van der Waals surface area contributed by atoms with Crippen LogP contribution in [-0.4, -0.2) is 19.6 Å². The molecule has 4 rings (SSSR count). The van der Waals surface area contributed by atoms with Crippen molar-refractivity contribution in [3.63, 3.8) is 0 Å². The van der Waals surface area contributed by atoms with Gasteiger partial charge in [0.2, 0.25) is 0 Å². The summed E-state index contributed by atoms with van der Waals surface area (Å²) in [4.78, 5) is 8.64. The molecule has 1 aromatic carbocycles. The lowest BCUT2D eigenvalue weighted by Crippen LogP contribution is -1.95. The molecule has 0 fully saturated rings. The van der Waals surface area contributed by atoms with Gasteiger partial charge < -0.3 is 5.11 Å². The lowest BCUT2D eigenvalue weighted by Gasteiger charge is -2.06. The van der Waals surface area contributed by atoms with Crippen molar-refractivity contribution in [2.45, 2.75) is 0 Å². The first-order valence-corrected chi connectivity index (χ1v) is 6.31. The quantitative estimate of drug-likeness (QED) is 0.572. The maximum Gasteiger partial charge on any atom is 0.137 e.